The van der Waals surface area contributed by atoms with Gasteiger partial charge in [-0.15, -0.1) is 0 Å². The molecule has 0 bridgehead atoms. The zero-order valence-corrected chi connectivity index (χ0v) is 17.2. The number of carbonyl (C=O) groups excluding carboxylic acids is 1. The molecule has 2 aromatic heterocycles. The summed E-state index contributed by atoms with van der Waals surface area (Å²) in [7, 11) is 1.76. The van der Waals surface area contributed by atoms with Gasteiger partial charge in [0, 0.05) is 24.9 Å². The lowest BCUT2D eigenvalue weighted by molar-refractivity contribution is -0.106. The predicted molar refractivity (Wildman–Crippen MR) is 112 cm³/mol. The Morgan fingerprint density at radius 1 is 1.17 bits per heavy atom. The van der Waals surface area contributed by atoms with E-state index < -0.39 is 5.60 Å². The third-order valence-corrected chi connectivity index (χ3v) is 5.16. The Kier molecular flexibility index (Phi) is 6.76. The molecule has 0 amide bonds. The Morgan fingerprint density at radius 2 is 1.93 bits per heavy atom. The Bertz CT molecular complexity index is 812. The molecule has 2 aromatic rings. The molecular weight excluding hydrogens is 370 g/mol. The molecule has 0 unspecified atom stereocenters. The summed E-state index contributed by atoms with van der Waals surface area (Å²) >= 11 is 0. The molecule has 1 aliphatic carbocycles. The lowest BCUT2D eigenvalue weighted by Crippen LogP contribution is -2.30. The first kappa shape index (κ1) is 21.1. The number of aliphatic hydroxyl groups is 1. The van der Waals surface area contributed by atoms with Gasteiger partial charge in [0.2, 0.25) is 0 Å². The molecule has 0 radical (unpaired) electrons. The van der Waals surface area contributed by atoms with Gasteiger partial charge in [0.05, 0.1) is 30.2 Å². The van der Waals surface area contributed by atoms with E-state index in [2.05, 4.69) is 20.6 Å². The fourth-order valence-electron chi connectivity index (χ4n) is 3.44. The van der Waals surface area contributed by atoms with E-state index in [9.17, 15) is 9.90 Å². The van der Waals surface area contributed by atoms with Crippen LogP contribution in [-0.4, -0.2) is 52.1 Å². The summed E-state index contributed by atoms with van der Waals surface area (Å²) in [6.07, 6.45) is 8.42. The monoisotopic (exact) mass is 399 g/mol. The molecule has 0 saturated heterocycles. The van der Waals surface area contributed by atoms with E-state index in [-0.39, 0.29) is 12.6 Å². The maximum Gasteiger partial charge on any atom is 0.169 e. The Hall–Kier alpha value is -2.58. The van der Waals surface area contributed by atoms with E-state index in [4.69, 9.17) is 9.72 Å². The zero-order valence-electron chi connectivity index (χ0n) is 17.2. The van der Waals surface area contributed by atoms with Gasteiger partial charge in [-0.3, -0.25) is 4.98 Å². The molecular formula is C21H29N5O3. The van der Waals surface area contributed by atoms with Crippen LogP contribution < -0.4 is 10.6 Å². The van der Waals surface area contributed by atoms with Gasteiger partial charge < -0.3 is 25.3 Å². The summed E-state index contributed by atoms with van der Waals surface area (Å²) in [6, 6.07) is 3.93. The molecule has 1 fully saturated rings. The van der Waals surface area contributed by atoms with E-state index in [1.54, 1.807) is 39.4 Å². The highest BCUT2D eigenvalue weighted by Crippen LogP contribution is 2.28. The SMILES string of the molecule is CO[C@H]1CC[C@H](Nc2nc(-c3ccc(C(C)(C)O)nc3)cnc2NCC=O)CC1. The average Bonchev–Trinajstić information content (AvgIpc) is 2.73. The number of nitrogens with one attached hydrogen (secondary N) is 2. The minimum absolute atomic E-state index is 0.168. The van der Waals surface area contributed by atoms with Crippen LogP contribution in [-0.2, 0) is 15.1 Å². The molecule has 0 spiro atoms. The standard InChI is InChI=1S/C21H29N5O3/c1-21(2,28)18-9-4-14(12-23-18)17-13-24-19(22-10-11-27)20(26-17)25-15-5-7-16(29-3)8-6-15/h4,9,11-13,15-16,28H,5-8,10H2,1-3H3,(H,22,24)(H,25,26)/t15-,16-. The number of hydrogen-bond donors (Lipinski definition) is 3. The number of carbonyl (C=O) groups is 1. The van der Waals surface area contributed by atoms with Crippen molar-refractivity contribution in [1.82, 2.24) is 15.0 Å². The van der Waals surface area contributed by atoms with Crippen LogP contribution in [0.4, 0.5) is 11.6 Å². The first-order valence-electron chi connectivity index (χ1n) is 9.94. The van der Waals surface area contributed by atoms with Gasteiger partial charge in [0.1, 0.15) is 11.9 Å². The largest absolute Gasteiger partial charge is 0.384 e. The van der Waals surface area contributed by atoms with Crippen molar-refractivity contribution in [2.45, 2.75) is 57.3 Å². The van der Waals surface area contributed by atoms with Gasteiger partial charge in [0.15, 0.2) is 11.6 Å². The number of anilines is 2. The van der Waals surface area contributed by atoms with E-state index in [1.165, 1.54) is 0 Å². The van der Waals surface area contributed by atoms with Gasteiger partial charge in [0.25, 0.3) is 0 Å². The first-order chi connectivity index (χ1) is 13.9. The summed E-state index contributed by atoms with van der Waals surface area (Å²) in [5.41, 5.74) is 1.07. The van der Waals surface area contributed by atoms with E-state index in [0.29, 0.717) is 29.1 Å². The van der Waals surface area contributed by atoms with E-state index >= 15 is 0 Å². The van der Waals surface area contributed by atoms with Crippen LogP contribution in [0.25, 0.3) is 11.3 Å². The molecule has 2 heterocycles. The predicted octanol–water partition coefficient (Wildman–Crippen LogP) is 2.75. The second kappa shape index (κ2) is 9.28. The highest BCUT2D eigenvalue weighted by molar-refractivity contribution is 5.69. The third-order valence-electron chi connectivity index (χ3n) is 5.16. The average molecular weight is 399 g/mol. The van der Waals surface area contributed by atoms with Gasteiger partial charge in [-0.2, -0.15) is 0 Å². The molecule has 3 rings (SSSR count). The van der Waals surface area contributed by atoms with Crippen molar-refractivity contribution in [1.29, 1.82) is 0 Å². The Labute approximate surface area is 171 Å². The number of nitrogens with zero attached hydrogens (tertiary/aromatic N) is 3. The van der Waals surface area contributed by atoms with Gasteiger partial charge in [-0.25, -0.2) is 9.97 Å². The molecule has 0 aromatic carbocycles. The molecule has 8 heteroatoms. The maximum absolute atomic E-state index is 10.8. The van der Waals surface area contributed by atoms with Gasteiger partial charge in [-0.1, -0.05) is 0 Å². The van der Waals surface area contributed by atoms with Crippen molar-refractivity contribution in [3.8, 4) is 11.3 Å². The number of aldehydes is 1. The molecule has 156 valence electrons. The molecule has 29 heavy (non-hydrogen) atoms. The molecule has 3 N–H and O–H groups in total. The molecule has 0 aliphatic heterocycles. The molecule has 1 aliphatic rings. The van der Waals surface area contributed by atoms with Gasteiger partial charge >= 0.3 is 0 Å². The Morgan fingerprint density at radius 3 is 2.52 bits per heavy atom. The quantitative estimate of drug-likeness (QED) is 0.582. The normalized spacial score (nSPS) is 19.6. The smallest absolute Gasteiger partial charge is 0.169 e. The second-order valence-corrected chi connectivity index (χ2v) is 7.84. The van der Waals surface area contributed by atoms with Crippen molar-refractivity contribution in [2.24, 2.45) is 0 Å². The molecule has 8 nitrogen and oxygen atoms in total. The number of hydrogen-bond acceptors (Lipinski definition) is 8. The fourth-order valence-corrected chi connectivity index (χ4v) is 3.44. The third kappa shape index (κ3) is 5.48. The van der Waals surface area contributed by atoms with Crippen molar-refractivity contribution in [3.63, 3.8) is 0 Å². The van der Waals surface area contributed by atoms with Crippen LogP contribution in [0.2, 0.25) is 0 Å². The summed E-state index contributed by atoms with van der Waals surface area (Å²) in [4.78, 5) is 24.3. The van der Waals surface area contributed by atoms with Crippen molar-refractivity contribution in [3.05, 3.63) is 30.2 Å². The van der Waals surface area contributed by atoms with Crippen molar-refractivity contribution < 1.29 is 14.6 Å². The highest BCUT2D eigenvalue weighted by Gasteiger charge is 2.22. The minimum Gasteiger partial charge on any atom is -0.384 e. The zero-order chi connectivity index (χ0) is 20.9. The minimum atomic E-state index is -0.999. The summed E-state index contributed by atoms with van der Waals surface area (Å²) in [5, 5.41) is 16.6. The van der Waals surface area contributed by atoms with Crippen LogP contribution in [0.15, 0.2) is 24.5 Å². The number of rotatable bonds is 8. The number of methoxy groups -OCH3 is 1. The molecule has 0 atom stereocenters. The topological polar surface area (TPSA) is 109 Å². The second-order valence-electron chi connectivity index (χ2n) is 7.84. The maximum atomic E-state index is 10.8. The van der Waals surface area contributed by atoms with E-state index in [1.807, 2.05) is 6.07 Å². The Balaban J connectivity index is 1.82. The number of ether oxygens (including phenoxy) is 1. The highest BCUT2D eigenvalue weighted by atomic mass is 16.5. The first-order valence-corrected chi connectivity index (χ1v) is 9.94. The lowest BCUT2D eigenvalue weighted by atomic mass is 9.93. The fraction of sp³-hybridized carbons (Fsp3) is 0.524. The van der Waals surface area contributed by atoms with Gasteiger partial charge in [-0.05, 0) is 51.7 Å². The van der Waals surface area contributed by atoms with Crippen molar-refractivity contribution in [2.75, 3.05) is 24.3 Å². The van der Waals surface area contributed by atoms with Crippen LogP contribution in [0.3, 0.4) is 0 Å². The summed E-state index contributed by atoms with van der Waals surface area (Å²) in [6.45, 7) is 3.56. The van der Waals surface area contributed by atoms with Crippen LogP contribution in [0, 0.1) is 0 Å². The summed E-state index contributed by atoms with van der Waals surface area (Å²) < 4.78 is 5.45. The summed E-state index contributed by atoms with van der Waals surface area (Å²) in [5.74, 6) is 1.17. The van der Waals surface area contributed by atoms with Crippen molar-refractivity contribution >= 4 is 17.9 Å². The number of pyridine rings is 1. The van der Waals surface area contributed by atoms with Crippen LogP contribution in [0.1, 0.15) is 45.2 Å². The number of aromatic nitrogens is 3. The van der Waals surface area contributed by atoms with Crippen LogP contribution >= 0.6 is 0 Å². The lowest BCUT2D eigenvalue weighted by Gasteiger charge is -2.29. The molecule has 1 saturated carbocycles. The van der Waals surface area contributed by atoms with Crippen LogP contribution in [0.5, 0.6) is 0 Å². The van der Waals surface area contributed by atoms with E-state index in [0.717, 1.165) is 37.5 Å².